The SMILES string of the molecule is C=CC(=O)N1CC2C(=C)N(CCC(C)O)c3c(c4cc(F)c(-c5c(O)cccc5F)c(F)c4n(-c4c(C)ccnc4C(C)C)c3=O)N2CC1C. The van der Waals surface area contributed by atoms with Crippen LogP contribution in [0.15, 0.2) is 66.3 Å². The van der Waals surface area contributed by atoms with Gasteiger partial charge in [-0.15, -0.1) is 0 Å². The molecule has 1 saturated heterocycles. The third-order valence-corrected chi connectivity index (χ3v) is 9.72. The number of benzene rings is 2. The van der Waals surface area contributed by atoms with Crippen LogP contribution in [0.4, 0.5) is 24.5 Å². The van der Waals surface area contributed by atoms with Gasteiger partial charge in [0.05, 0.1) is 45.9 Å². The molecule has 2 aliphatic heterocycles. The number of halogens is 3. The topological polar surface area (TPSA) is 102 Å². The van der Waals surface area contributed by atoms with E-state index in [9.17, 15) is 15.0 Å². The Morgan fingerprint density at radius 3 is 2.44 bits per heavy atom. The Bertz CT molecular complexity index is 2110. The number of amides is 1. The van der Waals surface area contributed by atoms with E-state index in [1.54, 1.807) is 35.9 Å². The van der Waals surface area contributed by atoms with E-state index in [4.69, 9.17) is 0 Å². The molecule has 3 atom stereocenters. The van der Waals surface area contributed by atoms with E-state index in [2.05, 4.69) is 18.1 Å². The molecule has 50 heavy (non-hydrogen) atoms. The number of rotatable bonds is 7. The summed E-state index contributed by atoms with van der Waals surface area (Å²) in [6.07, 6.45) is 2.28. The van der Waals surface area contributed by atoms with Gasteiger partial charge in [-0.2, -0.15) is 0 Å². The molecular weight excluding hydrogens is 647 g/mol. The number of hydrogen-bond acceptors (Lipinski definition) is 7. The van der Waals surface area contributed by atoms with Gasteiger partial charge < -0.3 is 24.9 Å². The van der Waals surface area contributed by atoms with E-state index in [0.717, 1.165) is 18.2 Å². The van der Waals surface area contributed by atoms with E-state index in [1.807, 2.05) is 25.7 Å². The lowest BCUT2D eigenvalue weighted by atomic mass is 9.93. The van der Waals surface area contributed by atoms with E-state index < -0.39 is 58.1 Å². The van der Waals surface area contributed by atoms with Gasteiger partial charge in [0.1, 0.15) is 23.1 Å². The molecule has 0 aliphatic carbocycles. The Kier molecular flexibility index (Phi) is 9.02. The maximum Gasteiger partial charge on any atom is 0.281 e. The van der Waals surface area contributed by atoms with E-state index in [-0.39, 0.29) is 65.8 Å². The first kappa shape index (κ1) is 34.8. The second-order valence-corrected chi connectivity index (χ2v) is 13.4. The molecule has 0 radical (unpaired) electrons. The molecule has 9 nitrogen and oxygen atoms in total. The number of piperazine rings is 1. The minimum atomic E-state index is -1.25. The maximum absolute atomic E-state index is 17.4. The zero-order valence-electron chi connectivity index (χ0n) is 28.7. The first-order valence-electron chi connectivity index (χ1n) is 16.6. The molecule has 6 rings (SSSR count). The highest BCUT2D eigenvalue weighted by atomic mass is 19.1. The Morgan fingerprint density at radius 1 is 1.08 bits per heavy atom. The van der Waals surface area contributed by atoms with Crippen molar-refractivity contribution < 1.29 is 28.2 Å². The Hall–Kier alpha value is -5.10. The number of phenols is 1. The quantitative estimate of drug-likeness (QED) is 0.220. The molecule has 2 N–H and O–H groups in total. The summed E-state index contributed by atoms with van der Waals surface area (Å²) in [6, 6.07) is 5.09. The van der Waals surface area contributed by atoms with Crippen LogP contribution in [-0.4, -0.2) is 68.4 Å². The van der Waals surface area contributed by atoms with Gasteiger partial charge in [-0.05, 0) is 69.0 Å². The number of anilines is 2. The number of aryl methyl sites for hydroxylation is 1. The van der Waals surface area contributed by atoms with Crippen molar-refractivity contribution in [2.75, 3.05) is 29.4 Å². The van der Waals surface area contributed by atoms with Crippen molar-refractivity contribution in [2.24, 2.45) is 0 Å². The fourth-order valence-electron chi connectivity index (χ4n) is 7.29. The number of aromatic nitrogens is 2. The van der Waals surface area contributed by atoms with Crippen molar-refractivity contribution in [3.8, 4) is 22.6 Å². The third kappa shape index (κ3) is 5.42. The van der Waals surface area contributed by atoms with Gasteiger partial charge in [0, 0.05) is 43.0 Å². The van der Waals surface area contributed by atoms with Gasteiger partial charge in [0.15, 0.2) is 5.82 Å². The summed E-state index contributed by atoms with van der Waals surface area (Å²) in [7, 11) is 0. The predicted octanol–water partition coefficient (Wildman–Crippen LogP) is 6.30. The zero-order chi connectivity index (χ0) is 36.3. The van der Waals surface area contributed by atoms with Crippen molar-refractivity contribution >= 4 is 28.2 Å². The van der Waals surface area contributed by atoms with Gasteiger partial charge >= 0.3 is 0 Å². The summed E-state index contributed by atoms with van der Waals surface area (Å²) in [5, 5.41) is 21.0. The maximum atomic E-state index is 17.4. The lowest BCUT2D eigenvalue weighted by Gasteiger charge is -2.52. The Morgan fingerprint density at radius 2 is 1.80 bits per heavy atom. The second-order valence-electron chi connectivity index (χ2n) is 13.4. The van der Waals surface area contributed by atoms with E-state index in [0.29, 0.717) is 17.0 Å². The standard InChI is InChI=1S/C38H40F3N5O4/c1-8-29(49)44-18-27-23(7)43(15-13-22(6)47)37-36(45(27)17-21(44)5)24-16-26(40)31(30-25(39)10-9-11-28(30)48)32(41)35(24)46(38(37)50)34-20(4)12-14-42-33(34)19(2)3/h8-12,14,16,19,21-22,27,47-48H,1,7,13,15,17-18H2,2-6H3. The van der Waals surface area contributed by atoms with Crippen LogP contribution in [0.25, 0.3) is 27.7 Å². The van der Waals surface area contributed by atoms with Crippen LogP contribution in [0.5, 0.6) is 5.75 Å². The summed E-state index contributed by atoms with van der Waals surface area (Å²) in [5.41, 5.74) is -0.380. The smallest absolute Gasteiger partial charge is 0.281 e. The monoisotopic (exact) mass is 687 g/mol. The summed E-state index contributed by atoms with van der Waals surface area (Å²) >= 11 is 0. The molecule has 4 aromatic rings. The van der Waals surface area contributed by atoms with E-state index in [1.165, 1.54) is 16.7 Å². The molecule has 1 amide bonds. The van der Waals surface area contributed by atoms with Crippen molar-refractivity contribution in [3.63, 3.8) is 0 Å². The lowest BCUT2D eigenvalue weighted by Crippen LogP contribution is -2.63. The molecule has 12 heteroatoms. The van der Waals surface area contributed by atoms with Crippen molar-refractivity contribution in [1.29, 1.82) is 0 Å². The number of nitrogens with zero attached hydrogens (tertiary/aromatic N) is 5. The molecule has 262 valence electrons. The number of pyridine rings is 2. The number of aromatic hydroxyl groups is 1. The summed E-state index contributed by atoms with van der Waals surface area (Å²) < 4.78 is 50.4. The summed E-state index contributed by atoms with van der Waals surface area (Å²) in [4.78, 5) is 37.9. The first-order valence-corrected chi connectivity index (χ1v) is 16.6. The largest absolute Gasteiger partial charge is 0.507 e. The van der Waals surface area contributed by atoms with Crippen LogP contribution in [-0.2, 0) is 4.79 Å². The fourth-order valence-corrected chi connectivity index (χ4v) is 7.29. The van der Waals surface area contributed by atoms with Crippen molar-refractivity contribution in [2.45, 2.75) is 65.1 Å². The number of aliphatic hydroxyl groups excluding tert-OH is 1. The summed E-state index contributed by atoms with van der Waals surface area (Å²) in [6.45, 7) is 17.4. The number of phenolic OH excluding ortho intramolecular Hbond substituents is 1. The van der Waals surface area contributed by atoms with Crippen LogP contribution in [0.2, 0.25) is 0 Å². The van der Waals surface area contributed by atoms with Gasteiger partial charge in [0.2, 0.25) is 5.91 Å². The fraction of sp³-hybridized carbons (Fsp3) is 0.342. The highest BCUT2D eigenvalue weighted by Crippen LogP contribution is 2.48. The third-order valence-electron chi connectivity index (χ3n) is 9.72. The predicted molar refractivity (Wildman–Crippen MR) is 188 cm³/mol. The van der Waals surface area contributed by atoms with Gasteiger partial charge in [-0.25, -0.2) is 13.2 Å². The average molecular weight is 688 g/mol. The van der Waals surface area contributed by atoms with Crippen LogP contribution >= 0.6 is 0 Å². The van der Waals surface area contributed by atoms with Crippen LogP contribution in [0.1, 0.15) is 51.3 Å². The second kappa shape index (κ2) is 13.0. The normalized spacial score (nSPS) is 18.0. The highest BCUT2D eigenvalue weighted by Gasteiger charge is 2.44. The molecule has 2 aromatic carbocycles. The average Bonchev–Trinajstić information content (AvgIpc) is 3.05. The van der Waals surface area contributed by atoms with Gasteiger partial charge in [-0.1, -0.05) is 33.1 Å². The number of carbonyl (C=O) groups is 1. The number of carbonyl (C=O) groups excluding carboxylic acids is 1. The minimum Gasteiger partial charge on any atom is -0.507 e. The van der Waals surface area contributed by atoms with Crippen molar-refractivity contribution in [3.05, 3.63) is 101 Å². The van der Waals surface area contributed by atoms with Crippen LogP contribution in [0.3, 0.4) is 0 Å². The molecule has 0 saturated carbocycles. The van der Waals surface area contributed by atoms with E-state index >= 15 is 18.0 Å². The molecule has 0 spiro atoms. The number of aliphatic hydroxyl groups is 1. The molecule has 3 unspecified atom stereocenters. The first-order chi connectivity index (χ1) is 23.7. The number of hydrogen-bond donors (Lipinski definition) is 2. The molecular formula is C38H40F3N5O4. The van der Waals surface area contributed by atoms with Crippen molar-refractivity contribution in [1.82, 2.24) is 14.5 Å². The van der Waals surface area contributed by atoms with Crippen LogP contribution < -0.4 is 15.4 Å². The Labute approximate surface area is 288 Å². The highest BCUT2D eigenvalue weighted by molar-refractivity contribution is 6.04. The van der Waals surface area contributed by atoms with Gasteiger partial charge in [0.25, 0.3) is 5.56 Å². The lowest BCUT2D eigenvalue weighted by molar-refractivity contribution is -0.128. The Balaban J connectivity index is 1.81. The van der Waals surface area contributed by atoms with Crippen LogP contribution in [0, 0.1) is 24.4 Å². The molecule has 1 fully saturated rings. The summed E-state index contributed by atoms with van der Waals surface area (Å²) in [5.74, 6) is -4.66. The molecule has 2 aliphatic rings. The minimum absolute atomic E-state index is 0.0161. The molecule has 4 heterocycles. The number of fused-ring (bicyclic) bond motifs is 5. The molecule has 0 bridgehead atoms. The van der Waals surface area contributed by atoms with Gasteiger partial charge in [-0.3, -0.25) is 19.1 Å². The molecule has 2 aromatic heterocycles. The zero-order valence-corrected chi connectivity index (χ0v) is 28.7.